The number of nitrogens with two attached hydrogens (primary N) is 1. The number of carboxylic acid groups (broad SMARTS) is 2. The smallest absolute Gasteiger partial charge is 0.377 e. The van der Waals surface area contributed by atoms with Crippen LogP contribution in [0.2, 0.25) is 0 Å². The summed E-state index contributed by atoms with van der Waals surface area (Å²) in [6.07, 6.45) is -2.36. The van der Waals surface area contributed by atoms with E-state index in [0.717, 1.165) is 0 Å². The summed E-state index contributed by atoms with van der Waals surface area (Å²) in [5, 5.41) is 21.8. The molecule has 184 valence electrons. The zero-order chi connectivity index (χ0) is 25.9. The Kier molecular flexibility index (Phi) is 6.84. The molecule has 1 amide bonds. The van der Waals surface area contributed by atoms with E-state index in [1.165, 1.54) is 30.5 Å². The lowest BCUT2D eigenvalue weighted by Gasteiger charge is -2.23. The summed E-state index contributed by atoms with van der Waals surface area (Å²) in [4.78, 5) is 60.0. The number of nitrogen functional groups attached to an aromatic ring is 1. The van der Waals surface area contributed by atoms with Crippen LogP contribution in [0.25, 0.3) is 11.2 Å². The zero-order valence-corrected chi connectivity index (χ0v) is 17.3. The lowest BCUT2D eigenvalue weighted by atomic mass is 10.1. The highest BCUT2D eigenvalue weighted by Gasteiger charge is 2.54. The molecule has 0 fully saturated rings. The number of carbonyl (C=O) groups excluding carboxylic acids is 1. The van der Waals surface area contributed by atoms with Gasteiger partial charge in [-0.25, -0.2) is 23.9 Å². The second kappa shape index (κ2) is 9.62. The van der Waals surface area contributed by atoms with Crippen molar-refractivity contribution in [3.8, 4) is 0 Å². The highest BCUT2D eigenvalue weighted by Crippen LogP contribution is 2.25. The van der Waals surface area contributed by atoms with E-state index in [9.17, 15) is 32.3 Å². The van der Waals surface area contributed by atoms with Gasteiger partial charge in [0.15, 0.2) is 17.2 Å². The zero-order valence-electron chi connectivity index (χ0n) is 17.3. The summed E-state index contributed by atoms with van der Waals surface area (Å²) in [6.45, 7) is 0.0905. The largest absolute Gasteiger partial charge is 0.480 e. The van der Waals surface area contributed by atoms with E-state index in [4.69, 9.17) is 15.9 Å². The number of H-pyrrole nitrogens is 1. The Morgan fingerprint density at radius 2 is 1.80 bits per heavy atom. The molecule has 2 heterocycles. The number of hydrogen-bond donors (Lipinski definition) is 6. The van der Waals surface area contributed by atoms with Gasteiger partial charge in [0.2, 0.25) is 12.1 Å². The molecular weight excluding hydrogens is 479 g/mol. The Morgan fingerprint density at radius 3 is 2.40 bits per heavy atom. The molecule has 0 aliphatic carbocycles. The molecule has 16 heteroatoms. The van der Waals surface area contributed by atoms with Gasteiger partial charge in [-0.2, -0.15) is 13.8 Å². The maximum Gasteiger partial charge on any atom is 0.377 e. The average Bonchev–Trinajstić information content (AvgIpc) is 2.80. The summed E-state index contributed by atoms with van der Waals surface area (Å²) in [7, 11) is 0. The minimum Gasteiger partial charge on any atom is -0.480 e. The molecule has 0 aliphatic rings. The van der Waals surface area contributed by atoms with Gasteiger partial charge < -0.3 is 26.6 Å². The number of nitrogens with zero attached hydrogens (tertiary/aromatic N) is 3. The summed E-state index contributed by atoms with van der Waals surface area (Å²) < 4.78 is 40.7. The van der Waals surface area contributed by atoms with Crippen LogP contribution in [-0.4, -0.2) is 66.1 Å². The molecule has 35 heavy (non-hydrogen) atoms. The van der Waals surface area contributed by atoms with Gasteiger partial charge in [0.25, 0.3) is 11.5 Å². The molecule has 3 aromatic rings. The van der Waals surface area contributed by atoms with E-state index < -0.39 is 41.5 Å². The summed E-state index contributed by atoms with van der Waals surface area (Å²) >= 11 is 0. The Hall–Kier alpha value is -4.76. The number of aromatic nitrogens is 4. The third kappa shape index (κ3) is 5.43. The number of halogens is 3. The monoisotopic (exact) mass is 495 g/mol. The molecule has 3 rings (SSSR count). The van der Waals surface area contributed by atoms with Crippen LogP contribution < -0.4 is 21.9 Å². The molecule has 13 nitrogen and oxygen atoms in total. The summed E-state index contributed by atoms with van der Waals surface area (Å²) in [5.74, 6) is -11.4. The minimum atomic E-state index is -5.04. The number of amides is 1. The second-order valence-corrected chi connectivity index (χ2v) is 7.03. The van der Waals surface area contributed by atoms with Crippen LogP contribution in [0, 0.1) is 0 Å². The van der Waals surface area contributed by atoms with Crippen LogP contribution in [-0.2, 0) is 16.1 Å². The molecule has 0 saturated heterocycles. The quantitative estimate of drug-likeness (QED) is 0.235. The number of fused-ring (bicyclic) bond motifs is 1. The SMILES string of the molecule is Nc1nc2ncc(CNc3ccc(C(=O)N[C@H](C(=O)O)C(F)C(F)(F)C(=O)O)cc3)nc2c(=O)[nH]1. The van der Waals surface area contributed by atoms with Crippen LogP contribution in [0.3, 0.4) is 0 Å². The van der Waals surface area contributed by atoms with E-state index in [-0.39, 0.29) is 29.2 Å². The number of aliphatic carboxylic acids is 2. The Labute approximate surface area is 192 Å². The van der Waals surface area contributed by atoms with Gasteiger partial charge in [0.1, 0.15) is 0 Å². The number of carboxylic acids is 2. The molecule has 0 radical (unpaired) electrons. The fourth-order valence-corrected chi connectivity index (χ4v) is 2.80. The van der Waals surface area contributed by atoms with Crippen LogP contribution in [0.1, 0.15) is 16.1 Å². The molecule has 1 unspecified atom stereocenters. The number of anilines is 2. The van der Waals surface area contributed by atoms with Crippen molar-refractivity contribution in [3.05, 3.63) is 52.1 Å². The third-order valence-electron chi connectivity index (χ3n) is 4.58. The molecular formula is C19H16F3N7O6. The molecule has 0 saturated carbocycles. The fourth-order valence-electron chi connectivity index (χ4n) is 2.80. The number of benzene rings is 1. The number of rotatable bonds is 9. The first-order valence-corrected chi connectivity index (χ1v) is 9.54. The molecule has 2 atom stereocenters. The minimum absolute atomic E-state index is 0.0295. The first-order chi connectivity index (χ1) is 16.4. The standard InChI is InChI=1S/C19H16F3N7O6/c20-12(19(21,22)17(34)35)10(16(32)33)27-14(30)7-1-3-8(4-2-7)24-5-9-6-25-13-11(26-9)15(31)29-18(23)28-13/h1-4,6,10,12,24H,5H2,(H,27,30)(H,32,33)(H,34,35)(H3,23,25,28,29,31)/t10-,12?/m0/s1. The predicted molar refractivity (Wildman–Crippen MR) is 113 cm³/mol. The molecule has 7 N–H and O–H groups in total. The van der Waals surface area contributed by atoms with Crippen molar-refractivity contribution in [2.45, 2.75) is 24.7 Å². The first-order valence-electron chi connectivity index (χ1n) is 9.54. The van der Waals surface area contributed by atoms with E-state index in [1.807, 2.05) is 0 Å². The second-order valence-electron chi connectivity index (χ2n) is 7.03. The van der Waals surface area contributed by atoms with Crippen molar-refractivity contribution in [1.29, 1.82) is 0 Å². The van der Waals surface area contributed by atoms with Crippen molar-refractivity contribution < 1.29 is 37.8 Å². The highest BCUT2D eigenvalue weighted by atomic mass is 19.3. The predicted octanol–water partition coefficient (Wildman–Crippen LogP) is 0.148. The molecule has 1 aromatic carbocycles. The normalized spacial score (nSPS) is 13.1. The van der Waals surface area contributed by atoms with Crippen molar-refractivity contribution in [3.63, 3.8) is 0 Å². The molecule has 0 spiro atoms. The molecule has 0 bridgehead atoms. The van der Waals surface area contributed by atoms with Crippen LogP contribution >= 0.6 is 0 Å². The van der Waals surface area contributed by atoms with E-state index >= 15 is 0 Å². The topological polar surface area (TPSA) is 213 Å². The van der Waals surface area contributed by atoms with Crippen molar-refractivity contribution in [2.75, 3.05) is 11.1 Å². The first kappa shape index (κ1) is 24.9. The Bertz CT molecular complexity index is 1350. The summed E-state index contributed by atoms with van der Waals surface area (Å²) in [6, 6.07) is 2.29. The number of hydrogen-bond acceptors (Lipinski definition) is 9. The van der Waals surface area contributed by atoms with Gasteiger partial charge in [-0.15, -0.1) is 0 Å². The van der Waals surface area contributed by atoms with Crippen molar-refractivity contribution in [1.82, 2.24) is 25.3 Å². The number of carbonyl (C=O) groups is 3. The summed E-state index contributed by atoms with van der Waals surface area (Å²) in [5.41, 5.74) is 5.46. The number of nitrogens with one attached hydrogen (secondary N) is 3. The van der Waals surface area contributed by atoms with E-state index in [0.29, 0.717) is 11.4 Å². The Balaban J connectivity index is 1.67. The maximum atomic E-state index is 13.9. The fraction of sp³-hybridized carbons (Fsp3) is 0.211. The highest BCUT2D eigenvalue weighted by molar-refractivity contribution is 5.97. The van der Waals surface area contributed by atoms with Gasteiger partial charge in [0, 0.05) is 11.3 Å². The van der Waals surface area contributed by atoms with Gasteiger partial charge in [-0.1, -0.05) is 0 Å². The van der Waals surface area contributed by atoms with Gasteiger partial charge in [-0.3, -0.25) is 14.6 Å². The van der Waals surface area contributed by atoms with Crippen LogP contribution in [0.4, 0.5) is 24.8 Å². The molecule has 0 aliphatic heterocycles. The van der Waals surface area contributed by atoms with Crippen LogP contribution in [0.5, 0.6) is 0 Å². The van der Waals surface area contributed by atoms with E-state index in [2.05, 4.69) is 25.3 Å². The lowest BCUT2D eigenvalue weighted by Crippen LogP contribution is -2.56. The third-order valence-corrected chi connectivity index (χ3v) is 4.58. The number of aromatic amines is 1. The van der Waals surface area contributed by atoms with Gasteiger partial charge in [0.05, 0.1) is 18.4 Å². The van der Waals surface area contributed by atoms with E-state index in [1.54, 1.807) is 5.32 Å². The van der Waals surface area contributed by atoms with Crippen LogP contribution in [0.15, 0.2) is 35.3 Å². The maximum absolute atomic E-state index is 13.9. The lowest BCUT2D eigenvalue weighted by molar-refractivity contribution is -0.179. The average molecular weight is 495 g/mol. The van der Waals surface area contributed by atoms with Crippen molar-refractivity contribution >= 4 is 40.6 Å². The number of alkyl halides is 3. The molecule has 2 aromatic heterocycles. The Morgan fingerprint density at radius 1 is 1.14 bits per heavy atom. The van der Waals surface area contributed by atoms with Gasteiger partial charge in [-0.05, 0) is 24.3 Å². The van der Waals surface area contributed by atoms with Crippen molar-refractivity contribution in [2.24, 2.45) is 0 Å². The van der Waals surface area contributed by atoms with Gasteiger partial charge >= 0.3 is 17.9 Å².